The average molecular weight is 229 g/mol. The van der Waals surface area contributed by atoms with Crippen LogP contribution >= 0.6 is 0 Å². The number of hydrogen-bond donors (Lipinski definition) is 1. The van der Waals surface area contributed by atoms with Crippen molar-refractivity contribution in [2.24, 2.45) is 11.8 Å². The Bertz CT molecular complexity index is 181. The van der Waals surface area contributed by atoms with Gasteiger partial charge in [0.1, 0.15) is 0 Å². The number of carbonyl (C=O) groups is 1. The van der Waals surface area contributed by atoms with Gasteiger partial charge < -0.3 is 10.1 Å². The molecule has 0 heterocycles. The zero-order valence-corrected chi connectivity index (χ0v) is 11.2. The van der Waals surface area contributed by atoms with Gasteiger partial charge in [0.15, 0.2) is 0 Å². The van der Waals surface area contributed by atoms with Crippen LogP contribution in [0, 0.1) is 11.8 Å². The summed E-state index contributed by atoms with van der Waals surface area (Å²) in [6.45, 7) is 10.4. The third kappa shape index (κ3) is 8.72. The van der Waals surface area contributed by atoms with E-state index in [9.17, 15) is 4.79 Å². The molecule has 96 valence electrons. The van der Waals surface area contributed by atoms with Gasteiger partial charge in [-0.2, -0.15) is 0 Å². The van der Waals surface area contributed by atoms with Crippen molar-refractivity contribution >= 4 is 5.97 Å². The van der Waals surface area contributed by atoms with Gasteiger partial charge in [0.2, 0.25) is 0 Å². The maximum absolute atomic E-state index is 11.5. The fraction of sp³-hybridized carbons (Fsp3) is 0.923. The molecule has 0 saturated heterocycles. The lowest BCUT2D eigenvalue weighted by Crippen LogP contribution is -2.29. The maximum atomic E-state index is 11.5. The molecule has 0 saturated carbocycles. The second kappa shape index (κ2) is 9.64. The molecule has 0 amide bonds. The highest BCUT2D eigenvalue weighted by Gasteiger charge is 2.13. The van der Waals surface area contributed by atoms with E-state index in [1.807, 2.05) is 20.8 Å². The first-order valence-corrected chi connectivity index (χ1v) is 6.45. The molecule has 0 radical (unpaired) electrons. The number of nitrogens with one attached hydrogen (secondary N) is 1. The minimum Gasteiger partial charge on any atom is -0.465 e. The Morgan fingerprint density at radius 1 is 1.25 bits per heavy atom. The quantitative estimate of drug-likeness (QED) is 0.488. The minimum absolute atomic E-state index is 0.0413. The molecule has 0 aromatic rings. The van der Waals surface area contributed by atoms with Crippen LogP contribution in [0.2, 0.25) is 0 Å². The van der Waals surface area contributed by atoms with Gasteiger partial charge in [-0.1, -0.05) is 40.5 Å². The number of hydrogen-bond acceptors (Lipinski definition) is 3. The third-order valence-corrected chi connectivity index (χ3v) is 2.37. The Balaban J connectivity index is 3.47. The monoisotopic (exact) mass is 229 g/mol. The first-order valence-electron chi connectivity index (χ1n) is 6.45. The summed E-state index contributed by atoms with van der Waals surface area (Å²) < 4.78 is 5.16. The fourth-order valence-corrected chi connectivity index (χ4v) is 1.29. The predicted octanol–water partition coefficient (Wildman–Crippen LogP) is 2.60. The molecule has 1 N–H and O–H groups in total. The zero-order chi connectivity index (χ0) is 12.4. The van der Waals surface area contributed by atoms with Gasteiger partial charge in [-0.25, -0.2) is 0 Å². The topological polar surface area (TPSA) is 38.3 Å². The summed E-state index contributed by atoms with van der Waals surface area (Å²) in [5.41, 5.74) is 0. The lowest BCUT2D eigenvalue weighted by atomic mass is 10.2. The molecule has 0 aromatic carbocycles. The number of unbranched alkanes of at least 4 members (excludes halogenated alkanes) is 2. The highest BCUT2D eigenvalue weighted by atomic mass is 16.5. The Labute approximate surface area is 99.9 Å². The van der Waals surface area contributed by atoms with E-state index in [2.05, 4.69) is 12.2 Å². The van der Waals surface area contributed by atoms with Gasteiger partial charge in [-0.05, 0) is 18.9 Å². The van der Waals surface area contributed by atoms with E-state index >= 15 is 0 Å². The lowest BCUT2D eigenvalue weighted by molar-refractivity contribution is -0.148. The minimum atomic E-state index is -0.0864. The lowest BCUT2D eigenvalue weighted by Gasteiger charge is -2.13. The first-order chi connectivity index (χ1) is 7.57. The molecule has 0 spiro atoms. The van der Waals surface area contributed by atoms with Crippen LogP contribution in [0.5, 0.6) is 0 Å². The Morgan fingerprint density at radius 3 is 2.50 bits per heavy atom. The second-order valence-corrected chi connectivity index (χ2v) is 4.84. The normalized spacial score (nSPS) is 12.8. The molecule has 0 aliphatic rings. The van der Waals surface area contributed by atoms with Gasteiger partial charge in [0.05, 0.1) is 12.5 Å². The molecular weight excluding hydrogens is 202 g/mol. The van der Waals surface area contributed by atoms with Gasteiger partial charge in [-0.3, -0.25) is 4.79 Å². The van der Waals surface area contributed by atoms with Crippen LogP contribution < -0.4 is 5.32 Å². The summed E-state index contributed by atoms with van der Waals surface area (Å²) in [7, 11) is 0. The highest BCUT2D eigenvalue weighted by Crippen LogP contribution is 2.01. The number of carbonyl (C=O) groups excluding carboxylic acids is 1. The molecule has 3 nitrogen and oxygen atoms in total. The smallest absolute Gasteiger partial charge is 0.309 e. The van der Waals surface area contributed by atoms with Crippen molar-refractivity contribution in [2.45, 2.75) is 47.0 Å². The highest BCUT2D eigenvalue weighted by molar-refractivity contribution is 5.72. The van der Waals surface area contributed by atoms with Crippen LogP contribution in [0.4, 0.5) is 0 Å². The molecule has 0 aromatic heterocycles. The SMILES string of the molecule is CCCCCNCC(C)C(=O)OCC(C)C. The maximum Gasteiger partial charge on any atom is 0.309 e. The summed E-state index contributed by atoms with van der Waals surface area (Å²) in [5, 5.41) is 3.29. The molecule has 0 rings (SSSR count). The van der Waals surface area contributed by atoms with E-state index in [4.69, 9.17) is 4.74 Å². The van der Waals surface area contributed by atoms with Crippen molar-refractivity contribution in [2.75, 3.05) is 19.7 Å². The molecule has 1 atom stereocenters. The Morgan fingerprint density at radius 2 is 1.94 bits per heavy atom. The molecule has 0 aliphatic carbocycles. The van der Waals surface area contributed by atoms with Crippen molar-refractivity contribution in [3.63, 3.8) is 0 Å². The van der Waals surface area contributed by atoms with Crippen LogP contribution in [0.15, 0.2) is 0 Å². The van der Waals surface area contributed by atoms with E-state index in [-0.39, 0.29) is 11.9 Å². The summed E-state index contributed by atoms with van der Waals surface area (Å²) in [6, 6.07) is 0. The Kier molecular flexibility index (Phi) is 9.30. The first kappa shape index (κ1) is 15.4. The predicted molar refractivity (Wildman–Crippen MR) is 67.4 cm³/mol. The van der Waals surface area contributed by atoms with Crippen molar-refractivity contribution in [3.05, 3.63) is 0 Å². The second-order valence-electron chi connectivity index (χ2n) is 4.84. The number of ether oxygens (including phenoxy) is 1. The summed E-state index contributed by atoms with van der Waals surface area (Å²) in [5.74, 6) is 0.283. The number of rotatable bonds is 9. The van der Waals surface area contributed by atoms with Crippen LogP contribution in [0.25, 0.3) is 0 Å². The van der Waals surface area contributed by atoms with Gasteiger partial charge in [0, 0.05) is 6.54 Å². The molecule has 0 bridgehead atoms. The van der Waals surface area contributed by atoms with E-state index in [1.165, 1.54) is 19.3 Å². The molecule has 16 heavy (non-hydrogen) atoms. The van der Waals surface area contributed by atoms with E-state index in [0.29, 0.717) is 12.5 Å². The molecular formula is C13H27NO2. The summed E-state index contributed by atoms with van der Waals surface area (Å²) >= 11 is 0. The molecule has 1 unspecified atom stereocenters. The van der Waals surface area contributed by atoms with E-state index in [1.54, 1.807) is 0 Å². The van der Waals surface area contributed by atoms with Crippen molar-refractivity contribution in [3.8, 4) is 0 Å². The van der Waals surface area contributed by atoms with Crippen molar-refractivity contribution in [1.82, 2.24) is 5.32 Å². The summed E-state index contributed by atoms with van der Waals surface area (Å²) in [4.78, 5) is 11.5. The van der Waals surface area contributed by atoms with Crippen LogP contribution in [-0.2, 0) is 9.53 Å². The molecule has 3 heteroatoms. The molecule has 0 fully saturated rings. The van der Waals surface area contributed by atoms with Crippen LogP contribution in [0.3, 0.4) is 0 Å². The van der Waals surface area contributed by atoms with Crippen LogP contribution in [0.1, 0.15) is 47.0 Å². The van der Waals surface area contributed by atoms with Crippen LogP contribution in [-0.4, -0.2) is 25.7 Å². The third-order valence-electron chi connectivity index (χ3n) is 2.37. The van der Waals surface area contributed by atoms with Crippen molar-refractivity contribution < 1.29 is 9.53 Å². The van der Waals surface area contributed by atoms with Gasteiger partial charge >= 0.3 is 5.97 Å². The van der Waals surface area contributed by atoms with Gasteiger partial charge in [-0.15, -0.1) is 0 Å². The summed E-state index contributed by atoms with van der Waals surface area (Å²) in [6.07, 6.45) is 3.66. The fourth-order valence-electron chi connectivity index (χ4n) is 1.29. The standard InChI is InChI=1S/C13H27NO2/c1-5-6-7-8-14-9-12(4)13(15)16-10-11(2)3/h11-12,14H,5-10H2,1-4H3. The van der Waals surface area contributed by atoms with Crippen molar-refractivity contribution in [1.29, 1.82) is 0 Å². The Hall–Kier alpha value is -0.570. The van der Waals surface area contributed by atoms with Gasteiger partial charge in [0.25, 0.3) is 0 Å². The zero-order valence-electron chi connectivity index (χ0n) is 11.2. The van der Waals surface area contributed by atoms with E-state index in [0.717, 1.165) is 13.1 Å². The number of esters is 1. The average Bonchev–Trinajstić information content (AvgIpc) is 2.25. The molecule has 0 aliphatic heterocycles. The van der Waals surface area contributed by atoms with E-state index < -0.39 is 0 Å². The largest absolute Gasteiger partial charge is 0.465 e.